The smallest absolute Gasteiger partial charge is 0.338 e. The van der Waals surface area contributed by atoms with Gasteiger partial charge < -0.3 is 14.2 Å². The van der Waals surface area contributed by atoms with Crippen molar-refractivity contribution in [2.75, 3.05) is 13.2 Å². The third-order valence-corrected chi connectivity index (χ3v) is 4.98. The fourth-order valence-corrected chi connectivity index (χ4v) is 3.04. The molecule has 0 fully saturated rings. The summed E-state index contributed by atoms with van der Waals surface area (Å²) in [6.07, 6.45) is 0. The minimum atomic E-state index is -0.516. The average Bonchev–Trinajstić information content (AvgIpc) is 2.87. The first-order chi connectivity index (χ1) is 16.7. The Kier molecular flexibility index (Phi) is 8.35. The predicted octanol–water partition coefficient (Wildman–Crippen LogP) is 5.78. The molecule has 3 aromatic carbocycles. The van der Waals surface area contributed by atoms with Crippen LogP contribution in [0.5, 0.6) is 5.75 Å². The molecule has 0 unspecified atom stereocenters. The number of rotatable bonds is 9. The van der Waals surface area contributed by atoms with E-state index in [9.17, 15) is 14.4 Å². The Morgan fingerprint density at radius 2 is 1.00 bits per heavy atom. The van der Waals surface area contributed by atoms with E-state index >= 15 is 0 Å². The highest BCUT2D eigenvalue weighted by Gasteiger charge is 2.10. The first-order valence-electron chi connectivity index (χ1n) is 10.9. The molecule has 0 saturated heterocycles. The molecular formula is C29H26O6. The molecule has 0 atom stereocenters. The molecule has 0 bridgehead atoms. The molecule has 35 heavy (non-hydrogen) atoms. The van der Waals surface area contributed by atoms with Gasteiger partial charge in [0.15, 0.2) is 0 Å². The van der Waals surface area contributed by atoms with Crippen LogP contribution >= 0.6 is 0 Å². The third-order valence-electron chi connectivity index (χ3n) is 4.98. The van der Waals surface area contributed by atoms with E-state index in [1.165, 1.54) is 0 Å². The van der Waals surface area contributed by atoms with Crippen molar-refractivity contribution in [2.24, 2.45) is 0 Å². The van der Waals surface area contributed by atoms with E-state index in [2.05, 4.69) is 13.2 Å². The molecule has 0 spiro atoms. The van der Waals surface area contributed by atoms with E-state index in [4.69, 9.17) is 14.2 Å². The van der Waals surface area contributed by atoms with Crippen LogP contribution in [0.1, 0.15) is 24.2 Å². The van der Waals surface area contributed by atoms with Crippen molar-refractivity contribution in [3.63, 3.8) is 0 Å². The Bertz CT molecular complexity index is 1240. The van der Waals surface area contributed by atoms with E-state index in [0.29, 0.717) is 22.5 Å². The van der Waals surface area contributed by atoms with Crippen LogP contribution in [0.4, 0.5) is 0 Å². The third kappa shape index (κ3) is 7.01. The SMILES string of the molecule is C=C(C)C(=O)OCCOC(=O)c1ccc(-c2ccc(-c3ccc(OC(=O)C(=C)C)cc3)cc2)cc1. The van der Waals surface area contributed by atoms with Crippen LogP contribution in [-0.2, 0) is 19.1 Å². The highest BCUT2D eigenvalue weighted by Crippen LogP contribution is 2.27. The summed E-state index contributed by atoms with van der Waals surface area (Å²) in [6.45, 7) is 10.2. The zero-order chi connectivity index (χ0) is 25.4. The molecule has 0 aliphatic rings. The van der Waals surface area contributed by atoms with Crippen LogP contribution in [0, 0.1) is 0 Å². The van der Waals surface area contributed by atoms with Crippen molar-refractivity contribution in [1.29, 1.82) is 0 Å². The minimum Gasteiger partial charge on any atom is -0.459 e. The van der Waals surface area contributed by atoms with Crippen molar-refractivity contribution in [3.05, 3.63) is 103 Å². The van der Waals surface area contributed by atoms with E-state index in [0.717, 1.165) is 22.3 Å². The van der Waals surface area contributed by atoms with Crippen LogP contribution in [0.2, 0.25) is 0 Å². The van der Waals surface area contributed by atoms with Crippen molar-refractivity contribution in [2.45, 2.75) is 13.8 Å². The molecular weight excluding hydrogens is 444 g/mol. The largest absolute Gasteiger partial charge is 0.459 e. The van der Waals surface area contributed by atoms with E-state index in [-0.39, 0.29) is 13.2 Å². The molecule has 0 aliphatic carbocycles. The lowest BCUT2D eigenvalue weighted by molar-refractivity contribution is -0.140. The van der Waals surface area contributed by atoms with Crippen LogP contribution in [-0.4, -0.2) is 31.1 Å². The second kappa shape index (κ2) is 11.6. The van der Waals surface area contributed by atoms with Crippen molar-refractivity contribution >= 4 is 17.9 Å². The molecule has 178 valence electrons. The summed E-state index contributed by atoms with van der Waals surface area (Å²) in [5.74, 6) is -0.997. The molecule has 0 radical (unpaired) electrons. The number of hydrogen-bond acceptors (Lipinski definition) is 6. The highest BCUT2D eigenvalue weighted by atomic mass is 16.6. The lowest BCUT2D eigenvalue weighted by Gasteiger charge is -2.08. The lowest BCUT2D eigenvalue weighted by Crippen LogP contribution is -2.14. The second-order valence-corrected chi connectivity index (χ2v) is 7.90. The molecule has 0 N–H and O–H groups in total. The van der Waals surface area contributed by atoms with Gasteiger partial charge >= 0.3 is 17.9 Å². The van der Waals surface area contributed by atoms with Crippen molar-refractivity contribution in [1.82, 2.24) is 0 Å². The van der Waals surface area contributed by atoms with Gasteiger partial charge in [0.1, 0.15) is 19.0 Å². The number of carbonyl (C=O) groups is 3. The summed E-state index contributed by atoms with van der Waals surface area (Å²) >= 11 is 0. The molecule has 6 heteroatoms. The standard InChI is InChI=1S/C29H26O6/c1-19(2)27(30)33-17-18-34-29(32)25-11-9-23(10-12-25)21-5-7-22(8-6-21)24-13-15-26(16-14-24)35-28(31)20(3)4/h5-16H,1,3,17-18H2,2,4H3. The zero-order valence-electron chi connectivity index (χ0n) is 19.7. The van der Waals surface area contributed by atoms with Crippen LogP contribution in [0.3, 0.4) is 0 Å². The van der Waals surface area contributed by atoms with Crippen molar-refractivity contribution in [3.8, 4) is 28.0 Å². The number of ether oxygens (including phenoxy) is 3. The average molecular weight is 471 g/mol. The molecule has 0 heterocycles. The molecule has 6 nitrogen and oxygen atoms in total. The highest BCUT2D eigenvalue weighted by molar-refractivity contribution is 5.90. The fraction of sp³-hybridized carbons (Fsp3) is 0.138. The summed E-state index contributed by atoms with van der Waals surface area (Å²) < 4.78 is 15.3. The summed E-state index contributed by atoms with van der Waals surface area (Å²) in [5.41, 5.74) is 4.98. The monoisotopic (exact) mass is 470 g/mol. The summed E-state index contributed by atoms with van der Waals surface area (Å²) in [6, 6.07) is 22.3. The molecule has 0 aromatic heterocycles. The molecule has 3 aromatic rings. The van der Waals surface area contributed by atoms with Gasteiger partial charge in [-0.05, 0) is 60.4 Å². The molecule has 3 rings (SSSR count). The Balaban J connectivity index is 1.58. The van der Waals surface area contributed by atoms with E-state index in [1.54, 1.807) is 38.1 Å². The lowest BCUT2D eigenvalue weighted by atomic mass is 9.99. The van der Waals surface area contributed by atoms with Gasteiger partial charge in [-0.3, -0.25) is 0 Å². The van der Waals surface area contributed by atoms with Crippen LogP contribution in [0.25, 0.3) is 22.3 Å². The Hall–Kier alpha value is -4.45. The molecule has 0 saturated carbocycles. The molecule has 0 aliphatic heterocycles. The maximum absolute atomic E-state index is 12.2. The number of hydrogen-bond donors (Lipinski definition) is 0. The second-order valence-electron chi connectivity index (χ2n) is 7.90. The van der Waals surface area contributed by atoms with E-state index < -0.39 is 17.9 Å². The van der Waals surface area contributed by atoms with Gasteiger partial charge in [-0.25, -0.2) is 14.4 Å². The van der Waals surface area contributed by atoms with Gasteiger partial charge in [-0.15, -0.1) is 0 Å². The van der Waals surface area contributed by atoms with Gasteiger partial charge in [0.05, 0.1) is 5.56 Å². The summed E-state index contributed by atoms with van der Waals surface area (Å²) in [7, 11) is 0. The van der Waals surface area contributed by atoms with Gasteiger partial charge in [0, 0.05) is 11.1 Å². The van der Waals surface area contributed by atoms with Crippen LogP contribution < -0.4 is 4.74 Å². The maximum atomic E-state index is 12.2. The quantitative estimate of drug-likeness (QED) is 0.171. The van der Waals surface area contributed by atoms with Gasteiger partial charge in [-0.1, -0.05) is 61.7 Å². The number of carbonyl (C=O) groups excluding carboxylic acids is 3. The van der Waals surface area contributed by atoms with Gasteiger partial charge in [0.25, 0.3) is 0 Å². The Morgan fingerprint density at radius 1 is 0.600 bits per heavy atom. The zero-order valence-corrected chi connectivity index (χ0v) is 19.7. The van der Waals surface area contributed by atoms with Gasteiger partial charge in [-0.2, -0.15) is 0 Å². The number of benzene rings is 3. The first-order valence-corrected chi connectivity index (χ1v) is 10.9. The Morgan fingerprint density at radius 3 is 1.46 bits per heavy atom. The molecule has 0 amide bonds. The minimum absolute atomic E-state index is 0.0236. The topological polar surface area (TPSA) is 78.9 Å². The first kappa shape index (κ1) is 25.2. The van der Waals surface area contributed by atoms with Crippen molar-refractivity contribution < 1.29 is 28.6 Å². The fourth-order valence-electron chi connectivity index (χ4n) is 3.04. The normalized spacial score (nSPS) is 10.2. The maximum Gasteiger partial charge on any atom is 0.338 e. The predicted molar refractivity (Wildman–Crippen MR) is 134 cm³/mol. The van der Waals surface area contributed by atoms with Crippen LogP contribution in [0.15, 0.2) is 97.1 Å². The van der Waals surface area contributed by atoms with E-state index in [1.807, 2.05) is 48.5 Å². The summed E-state index contributed by atoms with van der Waals surface area (Å²) in [5, 5.41) is 0. The summed E-state index contributed by atoms with van der Waals surface area (Å²) in [4.78, 5) is 35.1. The Labute approximate surface area is 204 Å². The van der Waals surface area contributed by atoms with Gasteiger partial charge in [0.2, 0.25) is 0 Å². The number of esters is 3.